The number of aliphatic imine (C=N–C) groups is 1. The maximum atomic E-state index is 14.5. The van der Waals surface area contributed by atoms with Crippen LogP contribution in [0, 0.1) is 0 Å². The van der Waals surface area contributed by atoms with Crippen LogP contribution >= 0.6 is 39.1 Å². The highest BCUT2D eigenvalue weighted by atomic mass is 79.9. The Morgan fingerprint density at radius 1 is 1.07 bits per heavy atom. The molecule has 1 aliphatic rings. The summed E-state index contributed by atoms with van der Waals surface area (Å²) in [7, 11) is 0. The number of benzene rings is 4. The van der Waals surface area contributed by atoms with Gasteiger partial charge in [0.05, 0.1) is 6.61 Å². The molecular weight excluding hydrogens is 681 g/mol. The van der Waals surface area contributed by atoms with Gasteiger partial charge < -0.3 is 19.9 Å². The minimum absolute atomic E-state index is 0.0380. The number of azide groups is 1. The molecular formula is C33H28BrCl2N5O4. The van der Waals surface area contributed by atoms with Crippen molar-refractivity contribution in [2.45, 2.75) is 31.0 Å². The summed E-state index contributed by atoms with van der Waals surface area (Å²) in [4.78, 5) is 22.6. The van der Waals surface area contributed by atoms with Crippen LogP contribution in [0.1, 0.15) is 34.8 Å². The van der Waals surface area contributed by atoms with E-state index >= 15 is 0 Å². The third-order valence-electron chi connectivity index (χ3n) is 7.28. The normalized spacial score (nSPS) is 17.2. The Balaban J connectivity index is 1.61. The number of carbonyl (C=O) groups is 1. The third-order valence-corrected chi connectivity index (χ3v) is 8.59. The molecule has 0 saturated carbocycles. The van der Waals surface area contributed by atoms with E-state index in [1.165, 1.54) is 0 Å². The van der Waals surface area contributed by atoms with E-state index in [9.17, 15) is 10.3 Å². The first-order valence-electron chi connectivity index (χ1n) is 14.0. The van der Waals surface area contributed by atoms with Crippen molar-refractivity contribution in [1.82, 2.24) is 5.32 Å². The van der Waals surface area contributed by atoms with Gasteiger partial charge in [-0.05, 0) is 59.1 Å². The number of ether oxygens (including phenoxy) is 2. The molecule has 9 nitrogen and oxygen atoms in total. The summed E-state index contributed by atoms with van der Waals surface area (Å²) >= 11 is 16.2. The predicted octanol–water partition coefficient (Wildman–Crippen LogP) is 8.27. The molecule has 230 valence electrons. The summed E-state index contributed by atoms with van der Waals surface area (Å²) in [6, 6.07) is 26.8. The van der Waals surface area contributed by atoms with Crippen LogP contribution in [-0.4, -0.2) is 35.7 Å². The number of hydrogen-bond acceptors (Lipinski definition) is 6. The smallest absolute Gasteiger partial charge is 0.252 e. The molecule has 0 unspecified atom stereocenters. The highest BCUT2D eigenvalue weighted by Crippen LogP contribution is 2.45. The number of nitrogens with zero attached hydrogens (tertiary/aromatic N) is 4. The van der Waals surface area contributed by atoms with Crippen molar-refractivity contribution in [2.24, 2.45) is 10.1 Å². The molecule has 0 fully saturated rings. The summed E-state index contributed by atoms with van der Waals surface area (Å²) in [5, 5.41) is 16.9. The number of carbonyl (C=O) groups excluding carboxylic acids is 1. The zero-order valence-corrected chi connectivity index (χ0v) is 27.0. The summed E-state index contributed by atoms with van der Waals surface area (Å²) in [6.07, 6.45) is -0.301. The van der Waals surface area contributed by atoms with E-state index in [0.29, 0.717) is 56.8 Å². The van der Waals surface area contributed by atoms with Crippen LogP contribution in [0.5, 0.6) is 5.75 Å². The lowest BCUT2D eigenvalue weighted by Gasteiger charge is -2.31. The SMILES string of the molecule is [N-]=[N+]=Nc1ccccc1C[C@@]1(C(=O)NCc2ccc(Cl)cc2Cl)N=C(c2ccc(OCCCO)cc2)O[C@@H]1c1ccccc1Br. The average molecular weight is 709 g/mol. The Morgan fingerprint density at radius 3 is 2.56 bits per heavy atom. The fourth-order valence-electron chi connectivity index (χ4n) is 5.04. The minimum Gasteiger partial charge on any atom is -0.494 e. The van der Waals surface area contributed by atoms with Gasteiger partial charge in [0.1, 0.15) is 5.75 Å². The zero-order valence-electron chi connectivity index (χ0n) is 23.9. The Morgan fingerprint density at radius 2 is 1.82 bits per heavy atom. The minimum atomic E-state index is -1.53. The molecule has 45 heavy (non-hydrogen) atoms. The van der Waals surface area contributed by atoms with Gasteiger partial charge in [0.25, 0.3) is 5.91 Å². The van der Waals surface area contributed by atoms with Crippen molar-refractivity contribution in [3.63, 3.8) is 0 Å². The van der Waals surface area contributed by atoms with Gasteiger partial charge in [0.15, 0.2) is 11.6 Å². The van der Waals surface area contributed by atoms with Crippen LogP contribution in [0.4, 0.5) is 5.69 Å². The summed E-state index contributed by atoms with van der Waals surface area (Å²) < 4.78 is 13.0. The lowest BCUT2D eigenvalue weighted by molar-refractivity contribution is -0.129. The highest BCUT2D eigenvalue weighted by molar-refractivity contribution is 9.10. The van der Waals surface area contributed by atoms with E-state index in [4.69, 9.17) is 42.8 Å². The number of aliphatic hydroxyl groups excluding tert-OH is 1. The van der Waals surface area contributed by atoms with Crippen molar-refractivity contribution in [1.29, 1.82) is 0 Å². The highest BCUT2D eigenvalue weighted by Gasteiger charge is 2.54. The lowest BCUT2D eigenvalue weighted by atomic mass is 9.81. The second kappa shape index (κ2) is 14.8. The van der Waals surface area contributed by atoms with Crippen molar-refractivity contribution < 1.29 is 19.4 Å². The van der Waals surface area contributed by atoms with Gasteiger partial charge in [-0.2, -0.15) is 0 Å². The molecule has 0 spiro atoms. The summed E-state index contributed by atoms with van der Waals surface area (Å²) in [6.45, 7) is 0.529. The molecule has 0 aromatic heterocycles. The van der Waals surface area contributed by atoms with Crippen LogP contribution in [0.25, 0.3) is 10.4 Å². The molecule has 12 heteroatoms. The van der Waals surface area contributed by atoms with E-state index in [-0.39, 0.29) is 25.5 Å². The number of aliphatic hydroxyl groups is 1. The van der Waals surface area contributed by atoms with Crippen LogP contribution in [-0.2, 0) is 22.5 Å². The van der Waals surface area contributed by atoms with Gasteiger partial charge in [-0.1, -0.05) is 92.8 Å². The van der Waals surface area contributed by atoms with Gasteiger partial charge in [0.2, 0.25) is 5.90 Å². The van der Waals surface area contributed by atoms with Gasteiger partial charge in [-0.25, -0.2) is 4.99 Å². The first kappa shape index (κ1) is 32.3. The average Bonchev–Trinajstić information content (AvgIpc) is 3.42. The molecule has 1 amide bonds. The van der Waals surface area contributed by atoms with Crippen LogP contribution < -0.4 is 10.1 Å². The van der Waals surface area contributed by atoms with Crippen molar-refractivity contribution >= 4 is 56.6 Å². The molecule has 0 bridgehead atoms. The topological polar surface area (TPSA) is 129 Å². The molecule has 4 aromatic carbocycles. The van der Waals surface area contributed by atoms with E-state index < -0.39 is 17.6 Å². The lowest BCUT2D eigenvalue weighted by Crippen LogP contribution is -2.49. The van der Waals surface area contributed by atoms with E-state index in [1.807, 2.05) is 30.3 Å². The van der Waals surface area contributed by atoms with Crippen molar-refractivity contribution in [2.75, 3.05) is 13.2 Å². The van der Waals surface area contributed by atoms with Crippen LogP contribution in [0.3, 0.4) is 0 Å². The number of halogens is 3. The monoisotopic (exact) mass is 707 g/mol. The maximum Gasteiger partial charge on any atom is 0.252 e. The Kier molecular flexibility index (Phi) is 10.7. The van der Waals surface area contributed by atoms with Crippen molar-refractivity contribution in [3.8, 4) is 5.75 Å². The van der Waals surface area contributed by atoms with Crippen molar-refractivity contribution in [3.05, 3.63) is 138 Å². The van der Waals surface area contributed by atoms with Gasteiger partial charge in [-0.3, -0.25) is 4.79 Å². The molecule has 0 saturated heterocycles. The fraction of sp³-hybridized carbons (Fsp3) is 0.212. The Hall–Kier alpha value is -4.05. The second-order valence-corrected chi connectivity index (χ2v) is 11.9. The Labute approximate surface area is 278 Å². The first-order chi connectivity index (χ1) is 21.8. The largest absolute Gasteiger partial charge is 0.494 e. The molecule has 4 aromatic rings. The second-order valence-electron chi connectivity index (χ2n) is 10.2. The molecule has 1 heterocycles. The number of amides is 1. The molecule has 0 radical (unpaired) electrons. The van der Waals surface area contributed by atoms with Gasteiger partial charge >= 0.3 is 0 Å². The zero-order chi connectivity index (χ0) is 31.8. The third kappa shape index (κ3) is 7.44. The van der Waals surface area contributed by atoms with E-state index in [1.54, 1.807) is 60.7 Å². The quantitative estimate of drug-likeness (QED) is 0.0664. The number of rotatable bonds is 12. The molecule has 2 atom stereocenters. The summed E-state index contributed by atoms with van der Waals surface area (Å²) in [5.41, 5.74) is 10.8. The first-order valence-corrected chi connectivity index (χ1v) is 15.6. The van der Waals surface area contributed by atoms with E-state index in [2.05, 4.69) is 31.3 Å². The van der Waals surface area contributed by atoms with Crippen LogP contribution in [0.15, 0.2) is 106 Å². The van der Waals surface area contributed by atoms with E-state index in [0.717, 1.165) is 4.47 Å². The number of nitrogens with one attached hydrogen (secondary N) is 1. The molecule has 0 aliphatic carbocycles. The summed E-state index contributed by atoms with van der Waals surface area (Å²) in [5.74, 6) is 0.475. The number of hydrogen-bond donors (Lipinski definition) is 2. The van der Waals surface area contributed by atoms with Gasteiger partial charge in [-0.15, -0.1) is 0 Å². The fourth-order valence-corrected chi connectivity index (χ4v) is 6.01. The predicted molar refractivity (Wildman–Crippen MR) is 178 cm³/mol. The Bertz CT molecular complexity index is 1760. The molecule has 5 rings (SSSR count). The molecule has 2 N–H and O–H groups in total. The maximum absolute atomic E-state index is 14.5. The van der Waals surface area contributed by atoms with Crippen LogP contribution in [0.2, 0.25) is 10.0 Å². The molecule has 1 aliphatic heterocycles. The van der Waals surface area contributed by atoms with Gasteiger partial charge in [0, 0.05) is 62.2 Å². The standard InChI is InChI=1S/C33H28BrCl2N5O4/c34-27-8-3-2-7-26(27)30-33(19-22-6-1-4-9-29(22)40-41-37,32(43)38-20-23-10-13-24(35)18-28(23)36)39-31(45-30)21-11-14-25(15-12-21)44-17-5-16-42/h1-4,6-15,18,30,42H,5,16-17,19-20H2,(H,38,43)/t30-,33-/m1/s1.